The van der Waals surface area contributed by atoms with Gasteiger partial charge in [0.15, 0.2) is 0 Å². The van der Waals surface area contributed by atoms with Gasteiger partial charge in [-0.3, -0.25) is 4.79 Å². The highest BCUT2D eigenvalue weighted by molar-refractivity contribution is 6.00. The molecule has 0 spiro atoms. The van der Waals surface area contributed by atoms with Gasteiger partial charge in [0.1, 0.15) is 0 Å². The second-order valence-corrected chi connectivity index (χ2v) is 6.78. The van der Waals surface area contributed by atoms with Crippen LogP contribution in [0.3, 0.4) is 0 Å². The molecular weight excluding hydrogens is 346 g/mol. The van der Waals surface area contributed by atoms with Crippen LogP contribution in [0.1, 0.15) is 40.1 Å². The molecule has 0 saturated carbocycles. The van der Waals surface area contributed by atoms with E-state index in [0.29, 0.717) is 12.1 Å². The van der Waals surface area contributed by atoms with E-state index in [1.807, 2.05) is 44.2 Å². The van der Waals surface area contributed by atoms with Crippen LogP contribution in [0.4, 0.5) is 5.69 Å². The maximum absolute atomic E-state index is 12.8. The van der Waals surface area contributed by atoms with Gasteiger partial charge in [-0.05, 0) is 30.2 Å². The Morgan fingerprint density at radius 2 is 1.41 bits per heavy atom. The highest BCUT2D eigenvalue weighted by Gasteiger charge is 2.28. The van der Waals surface area contributed by atoms with E-state index in [4.69, 9.17) is 9.47 Å². The predicted molar refractivity (Wildman–Crippen MR) is 102 cm³/mol. The van der Waals surface area contributed by atoms with Crippen molar-refractivity contribution >= 4 is 23.5 Å². The van der Waals surface area contributed by atoms with Gasteiger partial charge >= 0.3 is 11.9 Å². The Bertz CT molecular complexity index is 809. The molecule has 6 heteroatoms. The summed E-state index contributed by atoms with van der Waals surface area (Å²) in [6.45, 7) is 3.67. The van der Waals surface area contributed by atoms with Gasteiger partial charge in [0.2, 0.25) is 5.91 Å². The van der Waals surface area contributed by atoms with Crippen LogP contribution in [0.2, 0.25) is 0 Å². The van der Waals surface area contributed by atoms with Crippen molar-refractivity contribution in [2.45, 2.75) is 20.3 Å². The number of anilines is 1. The summed E-state index contributed by atoms with van der Waals surface area (Å²) in [5, 5.41) is 2.79. The van der Waals surface area contributed by atoms with Gasteiger partial charge in [-0.25, -0.2) is 9.59 Å². The SMILES string of the molecule is COC(=O)c1cc(NC(=O)C(C)(C)Cc2ccccc2)cc(C(=O)OC)c1. The molecule has 27 heavy (non-hydrogen) atoms. The summed E-state index contributed by atoms with van der Waals surface area (Å²) in [5.74, 6) is -1.45. The second kappa shape index (κ2) is 8.49. The van der Waals surface area contributed by atoms with Crippen LogP contribution in [0.5, 0.6) is 0 Å². The quantitative estimate of drug-likeness (QED) is 0.789. The Kier molecular flexibility index (Phi) is 6.34. The van der Waals surface area contributed by atoms with E-state index in [1.165, 1.54) is 32.4 Å². The first-order valence-electron chi connectivity index (χ1n) is 8.44. The number of benzene rings is 2. The number of amides is 1. The highest BCUT2D eigenvalue weighted by Crippen LogP contribution is 2.25. The van der Waals surface area contributed by atoms with Crippen LogP contribution in [0.25, 0.3) is 0 Å². The number of hydrogen-bond acceptors (Lipinski definition) is 5. The van der Waals surface area contributed by atoms with E-state index in [1.54, 1.807) is 0 Å². The molecule has 0 aliphatic carbocycles. The molecule has 1 N–H and O–H groups in total. The van der Waals surface area contributed by atoms with E-state index >= 15 is 0 Å². The third-order valence-corrected chi connectivity index (χ3v) is 4.14. The van der Waals surface area contributed by atoms with Gasteiger partial charge in [0.05, 0.1) is 25.3 Å². The molecule has 0 bridgehead atoms. The average molecular weight is 369 g/mol. The highest BCUT2D eigenvalue weighted by atomic mass is 16.5. The molecule has 0 aliphatic rings. The maximum atomic E-state index is 12.8. The minimum Gasteiger partial charge on any atom is -0.465 e. The number of carbonyl (C=O) groups is 3. The number of nitrogens with one attached hydrogen (secondary N) is 1. The van der Waals surface area contributed by atoms with Crippen LogP contribution in [-0.4, -0.2) is 32.1 Å². The zero-order chi connectivity index (χ0) is 20.0. The van der Waals surface area contributed by atoms with Gasteiger partial charge in [0, 0.05) is 11.1 Å². The largest absolute Gasteiger partial charge is 0.465 e. The Morgan fingerprint density at radius 3 is 1.89 bits per heavy atom. The number of rotatable bonds is 6. The van der Waals surface area contributed by atoms with E-state index < -0.39 is 17.4 Å². The van der Waals surface area contributed by atoms with Gasteiger partial charge in [0.25, 0.3) is 0 Å². The lowest BCUT2D eigenvalue weighted by Crippen LogP contribution is -2.32. The van der Waals surface area contributed by atoms with Crippen molar-refractivity contribution in [3.63, 3.8) is 0 Å². The lowest BCUT2D eigenvalue weighted by Gasteiger charge is -2.24. The maximum Gasteiger partial charge on any atom is 0.337 e. The number of methoxy groups -OCH3 is 2. The molecule has 0 unspecified atom stereocenters. The van der Waals surface area contributed by atoms with Gasteiger partial charge in [-0.2, -0.15) is 0 Å². The molecule has 0 atom stereocenters. The van der Waals surface area contributed by atoms with Gasteiger partial charge in [-0.1, -0.05) is 44.2 Å². The van der Waals surface area contributed by atoms with E-state index in [0.717, 1.165) is 5.56 Å². The number of ether oxygens (including phenoxy) is 2. The van der Waals surface area contributed by atoms with Gasteiger partial charge < -0.3 is 14.8 Å². The zero-order valence-corrected chi connectivity index (χ0v) is 15.9. The third kappa shape index (κ3) is 5.17. The van der Waals surface area contributed by atoms with Crippen LogP contribution < -0.4 is 5.32 Å². The molecule has 0 fully saturated rings. The Morgan fingerprint density at radius 1 is 0.889 bits per heavy atom. The van der Waals surface area contributed by atoms with Crippen molar-refractivity contribution in [2.75, 3.05) is 19.5 Å². The second-order valence-electron chi connectivity index (χ2n) is 6.78. The average Bonchev–Trinajstić information content (AvgIpc) is 2.66. The molecule has 6 nitrogen and oxygen atoms in total. The summed E-state index contributed by atoms with van der Waals surface area (Å²) in [7, 11) is 2.49. The third-order valence-electron chi connectivity index (χ3n) is 4.14. The minimum atomic E-state index is -0.700. The summed E-state index contributed by atoms with van der Waals surface area (Å²) in [4.78, 5) is 36.5. The zero-order valence-electron chi connectivity index (χ0n) is 15.9. The fourth-order valence-electron chi connectivity index (χ4n) is 2.66. The summed E-state index contributed by atoms with van der Waals surface area (Å²) >= 11 is 0. The summed E-state index contributed by atoms with van der Waals surface area (Å²) in [5.41, 5.74) is 0.961. The molecular formula is C21H23NO5. The predicted octanol–water partition coefficient (Wildman–Crippen LogP) is 3.47. The number of carbonyl (C=O) groups excluding carboxylic acids is 3. The van der Waals surface area contributed by atoms with Crippen molar-refractivity contribution < 1.29 is 23.9 Å². The Hall–Kier alpha value is -3.15. The molecule has 0 aliphatic heterocycles. The van der Waals surface area contributed by atoms with Crippen molar-refractivity contribution in [3.8, 4) is 0 Å². The minimum absolute atomic E-state index is 0.150. The van der Waals surface area contributed by atoms with Crippen LogP contribution in [-0.2, 0) is 20.7 Å². The molecule has 2 rings (SSSR count). The van der Waals surface area contributed by atoms with Crippen molar-refractivity contribution in [1.82, 2.24) is 0 Å². The summed E-state index contributed by atoms with van der Waals surface area (Å²) in [6, 6.07) is 14.0. The first-order valence-corrected chi connectivity index (χ1v) is 8.44. The molecule has 142 valence electrons. The monoisotopic (exact) mass is 369 g/mol. The van der Waals surface area contributed by atoms with E-state index in [2.05, 4.69) is 5.32 Å². The van der Waals surface area contributed by atoms with Gasteiger partial charge in [-0.15, -0.1) is 0 Å². The van der Waals surface area contributed by atoms with E-state index in [-0.39, 0.29) is 17.0 Å². The lowest BCUT2D eigenvalue weighted by molar-refractivity contribution is -0.123. The Labute approximate surface area is 158 Å². The van der Waals surface area contributed by atoms with Crippen molar-refractivity contribution in [2.24, 2.45) is 5.41 Å². The smallest absolute Gasteiger partial charge is 0.337 e. The number of hydrogen-bond donors (Lipinski definition) is 1. The fourth-order valence-corrected chi connectivity index (χ4v) is 2.66. The molecule has 0 saturated heterocycles. The first-order chi connectivity index (χ1) is 12.8. The fraction of sp³-hybridized carbons (Fsp3) is 0.286. The van der Waals surface area contributed by atoms with Crippen LogP contribution in [0, 0.1) is 5.41 Å². The van der Waals surface area contributed by atoms with E-state index in [9.17, 15) is 14.4 Å². The first kappa shape index (κ1) is 20.2. The summed E-state index contributed by atoms with van der Waals surface area (Å²) in [6.07, 6.45) is 0.542. The molecule has 0 heterocycles. The van der Waals surface area contributed by atoms with Crippen LogP contribution >= 0.6 is 0 Å². The Balaban J connectivity index is 2.27. The molecule has 2 aromatic carbocycles. The molecule has 1 amide bonds. The number of esters is 2. The molecule has 0 aromatic heterocycles. The normalized spacial score (nSPS) is 10.8. The molecule has 0 radical (unpaired) electrons. The standard InChI is InChI=1S/C21H23NO5/c1-21(2,13-14-8-6-5-7-9-14)20(25)22-17-11-15(18(23)26-3)10-16(12-17)19(24)27-4/h5-12H,13H2,1-4H3,(H,22,25). The van der Waals surface area contributed by atoms with Crippen molar-refractivity contribution in [1.29, 1.82) is 0 Å². The summed E-state index contributed by atoms with van der Waals surface area (Å²) < 4.78 is 9.41. The topological polar surface area (TPSA) is 81.7 Å². The lowest BCUT2D eigenvalue weighted by atomic mass is 9.84. The van der Waals surface area contributed by atoms with Crippen LogP contribution in [0.15, 0.2) is 48.5 Å². The molecule has 2 aromatic rings. The van der Waals surface area contributed by atoms with Crippen molar-refractivity contribution in [3.05, 3.63) is 65.2 Å².